The van der Waals surface area contributed by atoms with Crippen LogP contribution in [0.5, 0.6) is 11.5 Å². The first-order valence-electron chi connectivity index (χ1n) is 7.99. The number of nitrogens with zero attached hydrogens (tertiary/aromatic N) is 2. The summed E-state index contributed by atoms with van der Waals surface area (Å²) in [5.74, 6) is 0.805. The molecule has 0 radical (unpaired) electrons. The van der Waals surface area contributed by atoms with Crippen LogP contribution in [0.1, 0.15) is 20.9 Å². The SMILES string of the molecule is COc1ccc(-c2nc(C)c(C(=O)OCc3ccc(Cl)nc3)s2)cc1OC. The number of aromatic nitrogens is 2. The third-order valence-electron chi connectivity index (χ3n) is 3.77. The minimum atomic E-state index is -0.424. The highest BCUT2D eigenvalue weighted by Crippen LogP contribution is 2.35. The fourth-order valence-electron chi connectivity index (χ4n) is 2.38. The predicted molar refractivity (Wildman–Crippen MR) is 104 cm³/mol. The van der Waals surface area contributed by atoms with Crippen molar-refractivity contribution in [3.63, 3.8) is 0 Å². The van der Waals surface area contributed by atoms with E-state index in [0.29, 0.717) is 32.2 Å². The van der Waals surface area contributed by atoms with Crippen molar-refractivity contribution in [2.24, 2.45) is 0 Å². The van der Waals surface area contributed by atoms with Crippen LogP contribution in [-0.2, 0) is 11.3 Å². The lowest BCUT2D eigenvalue weighted by atomic mass is 10.2. The summed E-state index contributed by atoms with van der Waals surface area (Å²) in [6, 6.07) is 8.91. The molecular weight excluding hydrogens is 388 g/mol. The Morgan fingerprint density at radius 2 is 1.93 bits per heavy atom. The Balaban J connectivity index is 1.77. The molecule has 140 valence electrons. The van der Waals surface area contributed by atoms with Gasteiger partial charge in [0.2, 0.25) is 0 Å². The molecule has 0 fully saturated rings. The van der Waals surface area contributed by atoms with Crippen LogP contribution in [0.25, 0.3) is 10.6 Å². The van der Waals surface area contributed by atoms with Gasteiger partial charge in [-0.25, -0.2) is 14.8 Å². The molecule has 27 heavy (non-hydrogen) atoms. The lowest BCUT2D eigenvalue weighted by Gasteiger charge is -2.08. The molecule has 0 aliphatic carbocycles. The molecule has 0 saturated carbocycles. The van der Waals surface area contributed by atoms with Crippen LogP contribution in [0, 0.1) is 6.92 Å². The fourth-order valence-corrected chi connectivity index (χ4v) is 3.45. The van der Waals surface area contributed by atoms with Gasteiger partial charge in [0.1, 0.15) is 21.6 Å². The second-order valence-corrected chi connectivity index (χ2v) is 6.95. The average molecular weight is 405 g/mol. The second kappa shape index (κ2) is 8.37. The number of carbonyl (C=O) groups excluding carboxylic acids is 1. The summed E-state index contributed by atoms with van der Waals surface area (Å²) in [5.41, 5.74) is 2.21. The predicted octanol–water partition coefficient (Wildman–Crippen LogP) is 4.54. The van der Waals surface area contributed by atoms with E-state index in [0.717, 1.165) is 11.1 Å². The van der Waals surface area contributed by atoms with Gasteiger partial charge in [0.25, 0.3) is 0 Å². The number of benzene rings is 1. The first-order valence-corrected chi connectivity index (χ1v) is 9.18. The lowest BCUT2D eigenvalue weighted by molar-refractivity contribution is 0.0477. The number of halogens is 1. The van der Waals surface area contributed by atoms with Gasteiger partial charge >= 0.3 is 5.97 Å². The normalized spacial score (nSPS) is 10.5. The van der Waals surface area contributed by atoms with Crippen molar-refractivity contribution in [3.8, 4) is 22.1 Å². The van der Waals surface area contributed by atoms with E-state index >= 15 is 0 Å². The lowest BCUT2D eigenvalue weighted by Crippen LogP contribution is -2.05. The van der Waals surface area contributed by atoms with Gasteiger partial charge in [-0.1, -0.05) is 17.7 Å². The van der Waals surface area contributed by atoms with Gasteiger partial charge in [-0.05, 0) is 31.2 Å². The number of ether oxygens (including phenoxy) is 3. The quantitative estimate of drug-likeness (QED) is 0.443. The van der Waals surface area contributed by atoms with Crippen LogP contribution in [-0.4, -0.2) is 30.2 Å². The summed E-state index contributed by atoms with van der Waals surface area (Å²) in [6.45, 7) is 1.90. The van der Waals surface area contributed by atoms with Gasteiger partial charge in [-0.15, -0.1) is 11.3 Å². The monoisotopic (exact) mass is 404 g/mol. The Labute approximate surface area is 165 Å². The number of methoxy groups -OCH3 is 2. The zero-order chi connectivity index (χ0) is 19.4. The van der Waals surface area contributed by atoms with Gasteiger partial charge in [0.15, 0.2) is 11.5 Å². The fraction of sp³-hybridized carbons (Fsp3) is 0.211. The smallest absolute Gasteiger partial charge is 0.350 e. The van der Waals surface area contributed by atoms with Gasteiger partial charge < -0.3 is 14.2 Å². The number of rotatable bonds is 6. The molecule has 0 aliphatic rings. The van der Waals surface area contributed by atoms with Gasteiger partial charge in [-0.2, -0.15) is 0 Å². The van der Waals surface area contributed by atoms with Crippen LogP contribution in [0.3, 0.4) is 0 Å². The van der Waals surface area contributed by atoms with E-state index in [2.05, 4.69) is 9.97 Å². The molecule has 0 aliphatic heterocycles. The summed E-state index contributed by atoms with van der Waals surface area (Å²) in [7, 11) is 3.15. The molecule has 2 heterocycles. The molecule has 3 aromatic rings. The first-order chi connectivity index (χ1) is 13.0. The van der Waals surface area contributed by atoms with E-state index in [1.807, 2.05) is 12.1 Å². The van der Waals surface area contributed by atoms with Crippen LogP contribution >= 0.6 is 22.9 Å². The summed E-state index contributed by atoms with van der Waals surface area (Å²) >= 11 is 7.02. The molecular formula is C19H17ClN2O4S. The molecule has 0 saturated heterocycles. The van der Waals surface area contributed by atoms with Crippen molar-refractivity contribution in [2.75, 3.05) is 14.2 Å². The Morgan fingerprint density at radius 1 is 1.15 bits per heavy atom. The maximum atomic E-state index is 12.4. The molecule has 0 N–H and O–H groups in total. The zero-order valence-electron chi connectivity index (χ0n) is 15.0. The Hall–Kier alpha value is -2.64. The van der Waals surface area contributed by atoms with Crippen molar-refractivity contribution in [1.29, 1.82) is 0 Å². The summed E-state index contributed by atoms with van der Waals surface area (Å²) in [4.78, 5) is 21.3. The molecule has 6 nitrogen and oxygen atoms in total. The van der Waals surface area contributed by atoms with Crippen LogP contribution in [0.15, 0.2) is 36.5 Å². The van der Waals surface area contributed by atoms with Crippen molar-refractivity contribution >= 4 is 28.9 Å². The van der Waals surface area contributed by atoms with E-state index in [1.165, 1.54) is 11.3 Å². The number of hydrogen-bond donors (Lipinski definition) is 0. The zero-order valence-corrected chi connectivity index (χ0v) is 16.6. The first kappa shape index (κ1) is 19.1. The Morgan fingerprint density at radius 3 is 2.59 bits per heavy atom. The second-order valence-electron chi connectivity index (χ2n) is 5.57. The van der Waals surface area contributed by atoms with Gasteiger partial charge in [0, 0.05) is 17.3 Å². The minimum Gasteiger partial charge on any atom is -0.493 e. The van der Waals surface area contributed by atoms with E-state index in [4.69, 9.17) is 25.8 Å². The van der Waals surface area contributed by atoms with Crippen molar-refractivity contribution in [3.05, 3.63) is 57.8 Å². The van der Waals surface area contributed by atoms with Crippen molar-refractivity contribution in [2.45, 2.75) is 13.5 Å². The molecule has 0 atom stereocenters. The van der Waals surface area contributed by atoms with Gasteiger partial charge in [-0.3, -0.25) is 0 Å². The molecule has 0 amide bonds. The number of hydrogen-bond acceptors (Lipinski definition) is 7. The van der Waals surface area contributed by atoms with E-state index < -0.39 is 5.97 Å². The van der Waals surface area contributed by atoms with E-state index in [1.54, 1.807) is 45.5 Å². The molecule has 0 spiro atoms. The Kier molecular flexibility index (Phi) is 5.93. The summed E-state index contributed by atoms with van der Waals surface area (Å²) in [5, 5.41) is 1.09. The number of pyridine rings is 1. The van der Waals surface area contributed by atoms with Crippen LogP contribution in [0.4, 0.5) is 0 Å². The third kappa shape index (κ3) is 4.37. The van der Waals surface area contributed by atoms with Crippen LogP contribution < -0.4 is 9.47 Å². The van der Waals surface area contributed by atoms with Crippen molar-refractivity contribution < 1.29 is 19.0 Å². The molecule has 0 unspecified atom stereocenters. The van der Waals surface area contributed by atoms with Gasteiger partial charge in [0.05, 0.1) is 19.9 Å². The number of carbonyl (C=O) groups is 1. The van der Waals surface area contributed by atoms with Crippen molar-refractivity contribution in [1.82, 2.24) is 9.97 Å². The number of aryl methyl sites for hydroxylation is 1. The highest BCUT2D eigenvalue weighted by molar-refractivity contribution is 7.17. The topological polar surface area (TPSA) is 70.5 Å². The van der Waals surface area contributed by atoms with Crippen LogP contribution in [0.2, 0.25) is 5.15 Å². The molecule has 0 bridgehead atoms. The van der Waals surface area contributed by atoms with E-state index in [-0.39, 0.29) is 6.61 Å². The summed E-state index contributed by atoms with van der Waals surface area (Å²) in [6.07, 6.45) is 1.57. The standard InChI is InChI=1S/C19H17ClN2O4S/c1-11-17(19(23)26-10-12-4-7-16(20)21-9-12)27-18(22-11)13-5-6-14(24-2)15(8-13)25-3/h4-9H,10H2,1-3H3. The maximum absolute atomic E-state index is 12.4. The maximum Gasteiger partial charge on any atom is 0.350 e. The largest absolute Gasteiger partial charge is 0.493 e. The molecule has 8 heteroatoms. The average Bonchev–Trinajstić information content (AvgIpc) is 3.08. The summed E-state index contributed by atoms with van der Waals surface area (Å²) < 4.78 is 15.9. The molecule has 1 aromatic carbocycles. The molecule has 2 aromatic heterocycles. The van der Waals surface area contributed by atoms with E-state index in [9.17, 15) is 4.79 Å². The number of esters is 1. The Bertz CT molecular complexity index is 957. The highest BCUT2D eigenvalue weighted by Gasteiger charge is 2.18. The molecule has 3 rings (SSSR count). The highest BCUT2D eigenvalue weighted by atomic mass is 35.5. The third-order valence-corrected chi connectivity index (χ3v) is 5.18. The minimum absolute atomic E-state index is 0.117. The number of thiazole rings is 1.